The van der Waals surface area contributed by atoms with Gasteiger partial charge in [0.25, 0.3) is 0 Å². The summed E-state index contributed by atoms with van der Waals surface area (Å²) in [5.41, 5.74) is 0.523. The second-order valence-corrected chi connectivity index (χ2v) is 7.77. The van der Waals surface area contributed by atoms with Crippen LogP contribution < -0.4 is 10.1 Å². The summed E-state index contributed by atoms with van der Waals surface area (Å²) < 4.78 is 26.7. The van der Waals surface area contributed by atoms with Crippen LogP contribution >= 0.6 is 0 Å². The fourth-order valence-corrected chi connectivity index (χ4v) is 4.49. The number of amides is 1. The molecule has 27 heavy (non-hydrogen) atoms. The molecule has 1 aliphatic carbocycles. The SMILES string of the molecule is O=C(Nc1ccnn1CC1CCOC1)[C@H]1C[C@@]12CCOc1ccc(F)cc12. The lowest BCUT2D eigenvalue weighted by Gasteiger charge is -2.26. The van der Waals surface area contributed by atoms with Crippen LogP contribution in [0.1, 0.15) is 24.8 Å². The third kappa shape index (κ3) is 2.90. The molecular formula is C20H22FN3O3. The van der Waals surface area contributed by atoms with Crippen LogP contribution in [0.2, 0.25) is 0 Å². The smallest absolute Gasteiger partial charge is 0.229 e. The monoisotopic (exact) mass is 371 g/mol. The van der Waals surface area contributed by atoms with Crippen molar-refractivity contribution in [2.24, 2.45) is 11.8 Å². The minimum atomic E-state index is -0.302. The number of hydrogen-bond acceptors (Lipinski definition) is 4. The van der Waals surface area contributed by atoms with Crippen molar-refractivity contribution in [2.45, 2.75) is 31.2 Å². The highest BCUT2D eigenvalue weighted by Gasteiger charge is 2.61. The number of nitrogens with one attached hydrogen (secondary N) is 1. The van der Waals surface area contributed by atoms with E-state index in [0.717, 1.165) is 44.6 Å². The van der Waals surface area contributed by atoms with Gasteiger partial charge in [0, 0.05) is 42.0 Å². The molecule has 1 amide bonds. The van der Waals surface area contributed by atoms with Crippen molar-refractivity contribution in [3.63, 3.8) is 0 Å². The molecule has 3 aliphatic rings. The van der Waals surface area contributed by atoms with E-state index >= 15 is 0 Å². The number of carbonyl (C=O) groups is 1. The van der Waals surface area contributed by atoms with Gasteiger partial charge in [0.1, 0.15) is 17.4 Å². The van der Waals surface area contributed by atoms with Crippen LogP contribution in [-0.4, -0.2) is 35.5 Å². The summed E-state index contributed by atoms with van der Waals surface area (Å²) in [6.07, 6.45) is 4.18. The van der Waals surface area contributed by atoms with E-state index in [2.05, 4.69) is 10.4 Å². The van der Waals surface area contributed by atoms with E-state index in [1.165, 1.54) is 12.1 Å². The van der Waals surface area contributed by atoms with Crippen molar-refractivity contribution in [1.82, 2.24) is 9.78 Å². The van der Waals surface area contributed by atoms with E-state index in [1.54, 1.807) is 12.3 Å². The fraction of sp³-hybridized carbons (Fsp3) is 0.500. The molecule has 6 nitrogen and oxygen atoms in total. The van der Waals surface area contributed by atoms with Crippen LogP contribution in [0.3, 0.4) is 0 Å². The van der Waals surface area contributed by atoms with Crippen LogP contribution in [0, 0.1) is 17.7 Å². The number of hydrogen-bond donors (Lipinski definition) is 1. The van der Waals surface area contributed by atoms with E-state index in [4.69, 9.17) is 9.47 Å². The van der Waals surface area contributed by atoms with E-state index in [0.29, 0.717) is 24.1 Å². The molecule has 5 rings (SSSR count). The number of benzene rings is 1. The van der Waals surface area contributed by atoms with Crippen LogP contribution in [0.5, 0.6) is 5.75 Å². The average Bonchev–Trinajstić information content (AvgIpc) is 2.98. The van der Waals surface area contributed by atoms with Crippen molar-refractivity contribution in [1.29, 1.82) is 0 Å². The summed E-state index contributed by atoms with van der Waals surface area (Å²) in [6, 6.07) is 6.41. The Bertz CT molecular complexity index is 877. The summed E-state index contributed by atoms with van der Waals surface area (Å²) in [5.74, 6) is 1.35. The van der Waals surface area contributed by atoms with Gasteiger partial charge in [-0.25, -0.2) is 9.07 Å². The van der Waals surface area contributed by atoms with Crippen molar-refractivity contribution in [3.8, 4) is 5.75 Å². The number of halogens is 1. The van der Waals surface area contributed by atoms with Crippen LogP contribution in [0.15, 0.2) is 30.5 Å². The Morgan fingerprint density at radius 2 is 2.30 bits per heavy atom. The zero-order valence-corrected chi connectivity index (χ0v) is 15.0. The first-order chi connectivity index (χ1) is 13.2. The highest BCUT2D eigenvalue weighted by Crippen LogP contribution is 2.61. The minimum absolute atomic E-state index is 0.0310. The first-order valence-electron chi connectivity index (χ1n) is 9.49. The summed E-state index contributed by atoms with van der Waals surface area (Å²) in [7, 11) is 0. The maximum Gasteiger partial charge on any atom is 0.229 e. The lowest BCUT2D eigenvalue weighted by Crippen LogP contribution is -2.27. The highest BCUT2D eigenvalue weighted by atomic mass is 19.1. The van der Waals surface area contributed by atoms with Gasteiger partial charge in [-0.05, 0) is 37.5 Å². The number of aromatic nitrogens is 2. The minimum Gasteiger partial charge on any atom is -0.493 e. The topological polar surface area (TPSA) is 65.4 Å². The Kier molecular flexibility index (Phi) is 3.93. The molecule has 3 atom stereocenters. The normalized spacial score (nSPS) is 28.6. The first kappa shape index (κ1) is 16.7. The molecule has 0 radical (unpaired) electrons. The Labute approximate surface area is 156 Å². The van der Waals surface area contributed by atoms with Gasteiger partial charge in [-0.2, -0.15) is 5.10 Å². The summed E-state index contributed by atoms with van der Waals surface area (Å²) >= 11 is 0. The van der Waals surface area contributed by atoms with Gasteiger partial charge < -0.3 is 14.8 Å². The first-order valence-corrected chi connectivity index (χ1v) is 9.49. The van der Waals surface area contributed by atoms with Crippen molar-refractivity contribution in [3.05, 3.63) is 41.8 Å². The number of ether oxygens (including phenoxy) is 2. The lowest BCUT2D eigenvalue weighted by atomic mass is 9.87. The summed E-state index contributed by atoms with van der Waals surface area (Å²) in [4.78, 5) is 12.9. The Morgan fingerprint density at radius 3 is 3.15 bits per heavy atom. The Morgan fingerprint density at radius 1 is 1.37 bits per heavy atom. The molecule has 3 heterocycles. The molecule has 1 N–H and O–H groups in total. The molecule has 2 aromatic rings. The van der Waals surface area contributed by atoms with Crippen LogP contribution in [0.25, 0.3) is 0 Å². The molecule has 2 aliphatic heterocycles. The number of carbonyl (C=O) groups excluding carboxylic acids is 1. The number of fused-ring (bicyclic) bond motifs is 2. The maximum absolute atomic E-state index is 13.8. The van der Waals surface area contributed by atoms with E-state index in [1.807, 2.05) is 10.7 Å². The van der Waals surface area contributed by atoms with Gasteiger partial charge in [-0.15, -0.1) is 0 Å². The van der Waals surface area contributed by atoms with E-state index in [-0.39, 0.29) is 23.1 Å². The lowest BCUT2D eigenvalue weighted by molar-refractivity contribution is -0.117. The summed E-state index contributed by atoms with van der Waals surface area (Å²) in [6.45, 7) is 2.82. The van der Waals surface area contributed by atoms with Gasteiger partial charge in [-0.3, -0.25) is 4.79 Å². The van der Waals surface area contributed by atoms with Gasteiger partial charge in [0.15, 0.2) is 0 Å². The molecule has 2 fully saturated rings. The molecule has 1 spiro atoms. The molecule has 1 unspecified atom stereocenters. The molecule has 0 bridgehead atoms. The van der Waals surface area contributed by atoms with Gasteiger partial charge in [0.2, 0.25) is 5.91 Å². The second kappa shape index (κ2) is 6.34. The van der Waals surface area contributed by atoms with E-state index in [9.17, 15) is 9.18 Å². The van der Waals surface area contributed by atoms with Gasteiger partial charge >= 0.3 is 0 Å². The number of rotatable bonds is 4. The molecule has 7 heteroatoms. The predicted octanol–water partition coefficient (Wildman–Crippen LogP) is 2.74. The molecule has 142 valence electrons. The molecule has 1 aromatic heterocycles. The van der Waals surface area contributed by atoms with Crippen molar-refractivity contribution >= 4 is 11.7 Å². The number of anilines is 1. The molecule has 1 saturated heterocycles. The van der Waals surface area contributed by atoms with Gasteiger partial charge in [0.05, 0.1) is 19.4 Å². The zero-order valence-electron chi connectivity index (χ0n) is 15.0. The zero-order chi connectivity index (χ0) is 18.4. The van der Waals surface area contributed by atoms with Crippen molar-refractivity contribution in [2.75, 3.05) is 25.1 Å². The molecule has 1 saturated carbocycles. The second-order valence-electron chi connectivity index (χ2n) is 7.77. The third-order valence-corrected chi connectivity index (χ3v) is 6.10. The Balaban J connectivity index is 1.32. The highest BCUT2D eigenvalue weighted by molar-refractivity contribution is 5.95. The maximum atomic E-state index is 13.8. The van der Waals surface area contributed by atoms with Crippen LogP contribution in [0.4, 0.5) is 10.2 Å². The van der Waals surface area contributed by atoms with E-state index < -0.39 is 0 Å². The quantitative estimate of drug-likeness (QED) is 0.898. The largest absolute Gasteiger partial charge is 0.493 e. The predicted molar refractivity (Wildman–Crippen MR) is 96.1 cm³/mol. The van der Waals surface area contributed by atoms with Gasteiger partial charge in [-0.1, -0.05) is 0 Å². The third-order valence-electron chi connectivity index (χ3n) is 6.10. The molecular weight excluding hydrogens is 349 g/mol. The van der Waals surface area contributed by atoms with Crippen molar-refractivity contribution < 1.29 is 18.7 Å². The molecule has 1 aromatic carbocycles. The Hall–Kier alpha value is -2.41. The van der Waals surface area contributed by atoms with Crippen LogP contribution in [-0.2, 0) is 21.5 Å². The fourth-order valence-electron chi connectivity index (χ4n) is 4.49. The summed E-state index contributed by atoms with van der Waals surface area (Å²) in [5, 5.41) is 7.37. The standard InChI is InChI=1S/C20H22FN3O3/c21-14-1-2-17-15(9-14)20(5-8-27-17)10-16(20)19(25)23-18-3-6-22-24(18)11-13-4-7-26-12-13/h1-3,6,9,13,16H,4-5,7-8,10-12H2,(H,23,25)/t13?,16-,20-/m1/s1. The number of nitrogens with zero attached hydrogens (tertiary/aromatic N) is 2. The average molecular weight is 371 g/mol.